The molecule has 1 fully saturated rings. The highest BCUT2D eigenvalue weighted by Crippen LogP contribution is 2.30. The molecule has 2 rings (SSSR count). The Morgan fingerprint density at radius 1 is 1.68 bits per heavy atom. The summed E-state index contributed by atoms with van der Waals surface area (Å²) in [6.45, 7) is -0.450. The first-order valence-corrected chi connectivity index (χ1v) is 5.41. The highest BCUT2D eigenvalue weighted by molar-refractivity contribution is 5.23. The zero-order valence-corrected chi connectivity index (χ0v) is 9.70. The van der Waals surface area contributed by atoms with Crippen molar-refractivity contribution >= 4 is 5.82 Å². The van der Waals surface area contributed by atoms with Gasteiger partial charge in [0.2, 0.25) is 0 Å². The normalized spacial score (nSPS) is 30.0. The molecule has 0 aliphatic carbocycles. The largest absolute Gasteiger partial charge is 0.394 e. The Balaban J connectivity index is 2.36. The van der Waals surface area contributed by atoms with Crippen molar-refractivity contribution in [2.24, 2.45) is 5.11 Å². The van der Waals surface area contributed by atoms with Crippen LogP contribution in [0.1, 0.15) is 6.23 Å². The molecule has 1 aliphatic heterocycles. The minimum absolute atomic E-state index is 0.0408. The van der Waals surface area contributed by atoms with Crippen molar-refractivity contribution in [3.63, 3.8) is 0 Å². The van der Waals surface area contributed by atoms with E-state index in [1.807, 2.05) is 0 Å². The predicted octanol–water partition coefficient (Wildman–Crippen LogP) is -1.24. The van der Waals surface area contributed by atoms with E-state index in [0.717, 1.165) is 4.57 Å². The van der Waals surface area contributed by atoms with Crippen molar-refractivity contribution in [1.82, 2.24) is 9.55 Å². The summed E-state index contributed by atoms with van der Waals surface area (Å²) in [5.74, 6) is 0.0408. The standard InChI is InChI=1S/C9H12N6O4/c10-5-1-2-15(9(18)12-5)8-7(17)6(13-14-11)4(3-16)19-8/h1-2,4,6-8,16-17H,3H2,(H2,10,12,18)/t4-,6-,7+,8-/m1/s1. The third-order valence-electron chi connectivity index (χ3n) is 2.83. The number of anilines is 1. The van der Waals surface area contributed by atoms with Crippen LogP contribution in [-0.2, 0) is 4.74 Å². The Labute approximate surface area is 106 Å². The number of azide groups is 1. The van der Waals surface area contributed by atoms with Crippen molar-refractivity contribution < 1.29 is 14.9 Å². The summed E-state index contributed by atoms with van der Waals surface area (Å²) >= 11 is 0. The van der Waals surface area contributed by atoms with E-state index in [9.17, 15) is 9.90 Å². The molecule has 1 aliphatic rings. The smallest absolute Gasteiger partial charge is 0.351 e. The van der Waals surface area contributed by atoms with Gasteiger partial charge in [0.15, 0.2) is 6.23 Å². The van der Waals surface area contributed by atoms with E-state index >= 15 is 0 Å². The maximum atomic E-state index is 11.6. The molecular formula is C9H12N6O4. The molecule has 0 spiro atoms. The number of nitrogens with zero attached hydrogens (tertiary/aromatic N) is 5. The van der Waals surface area contributed by atoms with Gasteiger partial charge in [0.05, 0.1) is 18.8 Å². The van der Waals surface area contributed by atoms with E-state index in [-0.39, 0.29) is 5.82 Å². The highest BCUT2D eigenvalue weighted by atomic mass is 16.5. The molecule has 0 saturated carbocycles. The fraction of sp³-hybridized carbons (Fsp3) is 0.556. The average molecular weight is 268 g/mol. The number of aromatic nitrogens is 2. The van der Waals surface area contributed by atoms with Crippen molar-refractivity contribution in [3.05, 3.63) is 33.2 Å². The van der Waals surface area contributed by atoms with Crippen LogP contribution in [0.25, 0.3) is 10.4 Å². The van der Waals surface area contributed by atoms with Crippen LogP contribution in [0.2, 0.25) is 0 Å². The first-order chi connectivity index (χ1) is 9.08. The molecule has 0 bridgehead atoms. The zero-order chi connectivity index (χ0) is 14.0. The highest BCUT2D eigenvalue weighted by Gasteiger charge is 2.44. The monoisotopic (exact) mass is 268 g/mol. The van der Waals surface area contributed by atoms with Crippen LogP contribution in [0.3, 0.4) is 0 Å². The summed E-state index contributed by atoms with van der Waals surface area (Å²) < 4.78 is 6.34. The maximum Gasteiger partial charge on any atom is 0.351 e. The molecule has 2 heterocycles. The third-order valence-corrected chi connectivity index (χ3v) is 2.83. The first-order valence-electron chi connectivity index (χ1n) is 5.41. The number of aliphatic hydroxyl groups excluding tert-OH is 2. The van der Waals surface area contributed by atoms with Crippen LogP contribution >= 0.6 is 0 Å². The zero-order valence-electron chi connectivity index (χ0n) is 9.70. The molecular weight excluding hydrogens is 256 g/mol. The van der Waals surface area contributed by atoms with E-state index in [0.29, 0.717) is 0 Å². The lowest BCUT2D eigenvalue weighted by molar-refractivity contribution is -0.0531. The van der Waals surface area contributed by atoms with Crippen LogP contribution < -0.4 is 11.4 Å². The lowest BCUT2D eigenvalue weighted by Gasteiger charge is -2.17. The summed E-state index contributed by atoms with van der Waals surface area (Å²) in [6.07, 6.45) is -1.93. The van der Waals surface area contributed by atoms with Crippen LogP contribution in [-0.4, -0.2) is 44.6 Å². The first kappa shape index (κ1) is 13.3. The minimum atomic E-state index is -1.27. The number of rotatable bonds is 3. The SMILES string of the molecule is [N-]=[N+]=N[C@H]1[C@H](O)[C@H](n2ccc(N)nc2=O)O[C@@H]1CO. The van der Waals surface area contributed by atoms with Crippen molar-refractivity contribution in [2.45, 2.75) is 24.5 Å². The molecule has 0 amide bonds. The molecule has 10 nitrogen and oxygen atoms in total. The number of ether oxygens (including phenoxy) is 1. The lowest BCUT2D eigenvalue weighted by Crippen LogP contribution is -2.35. The summed E-state index contributed by atoms with van der Waals surface area (Å²) in [6, 6.07) is 0.385. The molecule has 1 saturated heterocycles. The molecule has 0 aromatic carbocycles. The van der Waals surface area contributed by atoms with E-state index in [1.54, 1.807) is 0 Å². The molecule has 1 aromatic rings. The molecule has 10 heteroatoms. The topological polar surface area (TPSA) is 159 Å². The van der Waals surface area contributed by atoms with Crippen LogP contribution in [0.5, 0.6) is 0 Å². The Hall–Kier alpha value is -2.13. The van der Waals surface area contributed by atoms with E-state index < -0.39 is 36.8 Å². The number of hydrogen-bond acceptors (Lipinski definition) is 7. The van der Waals surface area contributed by atoms with Gasteiger partial charge in [-0.05, 0) is 11.6 Å². The Morgan fingerprint density at radius 3 is 3.00 bits per heavy atom. The molecule has 19 heavy (non-hydrogen) atoms. The summed E-state index contributed by atoms with van der Waals surface area (Å²) in [4.78, 5) is 17.7. The predicted molar refractivity (Wildman–Crippen MR) is 62.8 cm³/mol. The molecule has 102 valence electrons. The van der Waals surface area contributed by atoms with Crippen LogP contribution in [0, 0.1) is 0 Å². The van der Waals surface area contributed by atoms with E-state index in [4.69, 9.17) is 21.1 Å². The number of aliphatic hydroxyl groups is 2. The van der Waals surface area contributed by atoms with Crippen LogP contribution in [0.4, 0.5) is 5.82 Å². The fourth-order valence-corrected chi connectivity index (χ4v) is 1.93. The van der Waals surface area contributed by atoms with Crippen LogP contribution in [0.15, 0.2) is 22.2 Å². The number of nitrogen functional groups attached to an aromatic ring is 1. The van der Waals surface area contributed by atoms with Gasteiger partial charge in [0.1, 0.15) is 11.9 Å². The van der Waals surface area contributed by atoms with E-state index in [1.165, 1.54) is 12.3 Å². The second-order valence-corrected chi connectivity index (χ2v) is 3.98. The number of hydrogen-bond donors (Lipinski definition) is 3. The Kier molecular flexibility index (Phi) is 3.67. The molecule has 1 aromatic heterocycles. The number of nitrogens with two attached hydrogens (primary N) is 1. The molecule has 0 unspecified atom stereocenters. The van der Waals surface area contributed by atoms with Gasteiger partial charge >= 0.3 is 5.69 Å². The van der Waals surface area contributed by atoms with Gasteiger partial charge in [-0.3, -0.25) is 4.57 Å². The third kappa shape index (κ3) is 2.37. The second kappa shape index (κ2) is 5.24. The minimum Gasteiger partial charge on any atom is -0.394 e. The Morgan fingerprint density at radius 2 is 2.42 bits per heavy atom. The second-order valence-electron chi connectivity index (χ2n) is 3.98. The van der Waals surface area contributed by atoms with Crippen molar-refractivity contribution in [3.8, 4) is 0 Å². The van der Waals surface area contributed by atoms with Gasteiger partial charge in [0, 0.05) is 11.1 Å². The summed E-state index contributed by atoms with van der Waals surface area (Å²) in [7, 11) is 0. The lowest BCUT2D eigenvalue weighted by atomic mass is 10.1. The van der Waals surface area contributed by atoms with Crippen molar-refractivity contribution in [1.29, 1.82) is 0 Å². The van der Waals surface area contributed by atoms with Gasteiger partial charge in [-0.15, -0.1) is 0 Å². The average Bonchev–Trinajstić information content (AvgIpc) is 2.68. The van der Waals surface area contributed by atoms with Gasteiger partial charge in [0.25, 0.3) is 0 Å². The maximum absolute atomic E-state index is 11.6. The molecule has 4 N–H and O–H groups in total. The summed E-state index contributed by atoms with van der Waals surface area (Å²) in [5, 5.41) is 22.5. The van der Waals surface area contributed by atoms with E-state index in [2.05, 4.69) is 15.0 Å². The Bertz CT molecular complexity index is 568. The van der Waals surface area contributed by atoms with Gasteiger partial charge < -0.3 is 20.7 Å². The van der Waals surface area contributed by atoms with Crippen molar-refractivity contribution in [2.75, 3.05) is 12.3 Å². The quantitative estimate of drug-likeness (QED) is 0.353. The summed E-state index contributed by atoms with van der Waals surface area (Å²) in [5.41, 5.74) is 13.1. The molecule has 0 radical (unpaired) electrons. The van der Waals surface area contributed by atoms with Gasteiger partial charge in [-0.1, -0.05) is 5.11 Å². The fourth-order valence-electron chi connectivity index (χ4n) is 1.93. The molecule has 4 atom stereocenters. The van der Waals surface area contributed by atoms with Gasteiger partial charge in [-0.2, -0.15) is 4.98 Å². The van der Waals surface area contributed by atoms with Gasteiger partial charge in [-0.25, -0.2) is 4.79 Å².